The van der Waals surface area contributed by atoms with Gasteiger partial charge in [0.15, 0.2) is 0 Å². The van der Waals surface area contributed by atoms with Gasteiger partial charge in [0.05, 0.1) is 19.2 Å². The van der Waals surface area contributed by atoms with Gasteiger partial charge in [0, 0.05) is 12.1 Å². The lowest BCUT2D eigenvalue weighted by Gasteiger charge is -2.26. The van der Waals surface area contributed by atoms with Crippen LogP contribution in [0.1, 0.15) is 46.5 Å². The molecule has 0 saturated heterocycles. The van der Waals surface area contributed by atoms with Crippen LogP contribution in [0, 0.1) is 17.2 Å². The van der Waals surface area contributed by atoms with Gasteiger partial charge >= 0.3 is 0 Å². The maximum Gasteiger partial charge on any atom is 0.234 e. The Bertz CT molecular complexity index is 303. The summed E-state index contributed by atoms with van der Waals surface area (Å²) < 4.78 is 0. The van der Waals surface area contributed by atoms with E-state index in [-0.39, 0.29) is 11.9 Å². The molecule has 0 aromatic rings. The second kappa shape index (κ2) is 7.38. The Morgan fingerprint density at radius 1 is 1.39 bits per heavy atom. The molecule has 102 valence electrons. The van der Waals surface area contributed by atoms with Crippen LogP contribution >= 0.6 is 0 Å². The summed E-state index contributed by atoms with van der Waals surface area (Å²) >= 11 is 0. The van der Waals surface area contributed by atoms with Gasteiger partial charge in [-0.3, -0.25) is 9.69 Å². The number of nitrogens with zero attached hydrogens (tertiary/aromatic N) is 2. The van der Waals surface area contributed by atoms with E-state index in [1.165, 1.54) is 12.8 Å². The van der Waals surface area contributed by atoms with Crippen molar-refractivity contribution in [3.63, 3.8) is 0 Å². The molecule has 0 heterocycles. The van der Waals surface area contributed by atoms with Crippen molar-refractivity contribution in [1.29, 1.82) is 5.26 Å². The molecular formula is C14H25N3O. The highest BCUT2D eigenvalue weighted by molar-refractivity contribution is 5.78. The summed E-state index contributed by atoms with van der Waals surface area (Å²) in [6.45, 7) is 6.92. The maximum atomic E-state index is 11.9. The first kappa shape index (κ1) is 15.0. The largest absolute Gasteiger partial charge is 0.352 e. The van der Waals surface area contributed by atoms with E-state index in [0.717, 1.165) is 12.8 Å². The highest BCUT2D eigenvalue weighted by Gasteiger charge is 2.24. The van der Waals surface area contributed by atoms with Gasteiger partial charge < -0.3 is 5.32 Å². The Morgan fingerprint density at radius 2 is 2.00 bits per heavy atom. The minimum atomic E-state index is 0.0401. The minimum Gasteiger partial charge on any atom is -0.352 e. The van der Waals surface area contributed by atoms with Crippen molar-refractivity contribution in [3.05, 3.63) is 0 Å². The summed E-state index contributed by atoms with van der Waals surface area (Å²) in [5.41, 5.74) is 0. The van der Waals surface area contributed by atoms with Gasteiger partial charge in [-0.2, -0.15) is 5.26 Å². The second-order valence-corrected chi connectivity index (χ2v) is 5.60. The van der Waals surface area contributed by atoms with Crippen molar-refractivity contribution in [2.45, 2.75) is 58.5 Å². The van der Waals surface area contributed by atoms with Crippen molar-refractivity contribution in [1.82, 2.24) is 10.2 Å². The minimum absolute atomic E-state index is 0.0401. The molecule has 18 heavy (non-hydrogen) atoms. The fourth-order valence-corrected chi connectivity index (χ4v) is 2.33. The monoisotopic (exact) mass is 251 g/mol. The van der Waals surface area contributed by atoms with Gasteiger partial charge in [0.1, 0.15) is 0 Å². The van der Waals surface area contributed by atoms with Gasteiger partial charge in [-0.1, -0.05) is 26.7 Å². The molecule has 1 amide bonds. The normalized spacial score (nSPS) is 18.0. The summed E-state index contributed by atoms with van der Waals surface area (Å²) in [6, 6.07) is 2.78. The molecule has 1 atom stereocenters. The van der Waals surface area contributed by atoms with E-state index in [9.17, 15) is 4.79 Å². The maximum absolute atomic E-state index is 11.9. The van der Waals surface area contributed by atoms with Crippen molar-refractivity contribution >= 4 is 5.91 Å². The Labute approximate surface area is 110 Å². The third-order valence-corrected chi connectivity index (χ3v) is 3.85. The van der Waals surface area contributed by atoms with Gasteiger partial charge in [0.2, 0.25) is 5.91 Å². The Morgan fingerprint density at radius 3 is 2.50 bits per heavy atom. The van der Waals surface area contributed by atoms with Crippen LogP contribution in [0.4, 0.5) is 0 Å². The van der Waals surface area contributed by atoms with E-state index in [2.05, 4.69) is 25.2 Å². The predicted octanol–water partition coefficient (Wildman–Crippen LogP) is 1.92. The van der Waals surface area contributed by atoms with Crippen molar-refractivity contribution in [2.75, 3.05) is 13.1 Å². The highest BCUT2D eigenvalue weighted by atomic mass is 16.2. The summed E-state index contributed by atoms with van der Waals surface area (Å²) in [5.74, 6) is 0.475. The zero-order valence-corrected chi connectivity index (χ0v) is 11.8. The molecule has 0 bridgehead atoms. The number of nitrogens with one attached hydrogen (secondary N) is 1. The molecule has 0 aromatic carbocycles. The molecule has 1 rings (SSSR count). The van der Waals surface area contributed by atoms with Crippen molar-refractivity contribution in [3.8, 4) is 6.07 Å². The number of amides is 1. The predicted molar refractivity (Wildman–Crippen MR) is 71.9 cm³/mol. The first-order chi connectivity index (χ1) is 8.54. The van der Waals surface area contributed by atoms with E-state index in [1.54, 1.807) is 0 Å². The summed E-state index contributed by atoms with van der Waals surface area (Å²) in [5, 5.41) is 11.9. The quantitative estimate of drug-likeness (QED) is 0.734. The number of rotatable bonds is 6. The molecule has 0 aliphatic heterocycles. The summed E-state index contributed by atoms with van der Waals surface area (Å²) in [6.07, 6.45) is 4.68. The number of carbonyl (C=O) groups excluding carboxylic acids is 1. The molecule has 1 aliphatic rings. The molecule has 0 spiro atoms. The summed E-state index contributed by atoms with van der Waals surface area (Å²) in [4.78, 5) is 14.0. The van der Waals surface area contributed by atoms with Crippen LogP contribution < -0.4 is 5.32 Å². The zero-order chi connectivity index (χ0) is 13.5. The molecule has 0 radical (unpaired) electrons. The Balaban J connectivity index is 2.45. The van der Waals surface area contributed by atoms with Crippen LogP contribution in [-0.4, -0.2) is 36.0 Å². The molecule has 1 unspecified atom stereocenters. The smallest absolute Gasteiger partial charge is 0.234 e. The molecule has 0 aromatic heterocycles. The molecule has 1 aliphatic carbocycles. The lowest BCUT2D eigenvalue weighted by Crippen LogP contribution is -2.45. The molecule has 1 saturated carbocycles. The van der Waals surface area contributed by atoms with Crippen LogP contribution in [0.15, 0.2) is 0 Å². The van der Waals surface area contributed by atoms with Gasteiger partial charge in [-0.15, -0.1) is 0 Å². The fraction of sp³-hybridized carbons (Fsp3) is 0.857. The Hall–Kier alpha value is -1.08. The van der Waals surface area contributed by atoms with E-state index in [0.29, 0.717) is 25.0 Å². The summed E-state index contributed by atoms with van der Waals surface area (Å²) in [7, 11) is 0. The Kier molecular flexibility index (Phi) is 6.14. The average Bonchev–Trinajstić information content (AvgIpc) is 2.81. The first-order valence-electron chi connectivity index (χ1n) is 6.95. The number of hydrogen-bond donors (Lipinski definition) is 1. The number of carbonyl (C=O) groups is 1. The lowest BCUT2D eigenvalue weighted by molar-refractivity contribution is -0.123. The van der Waals surface area contributed by atoms with E-state index >= 15 is 0 Å². The van der Waals surface area contributed by atoms with Gasteiger partial charge in [-0.05, 0) is 25.7 Å². The SMILES string of the molecule is CC(C)C(C)NC(=O)CN(CC#N)C1CCCC1. The molecular weight excluding hydrogens is 226 g/mol. The lowest BCUT2D eigenvalue weighted by atomic mass is 10.1. The van der Waals surface area contributed by atoms with E-state index in [4.69, 9.17) is 5.26 Å². The third kappa shape index (κ3) is 4.66. The molecule has 1 N–H and O–H groups in total. The second-order valence-electron chi connectivity index (χ2n) is 5.60. The van der Waals surface area contributed by atoms with Crippen molar-refractivity contribution < 1.29 is 4.79 Å². The van der Waals surface area contributed by atoms with Crippen LogP contribution in [0.2, 0.25) is 0 Å². The number of hydrogen-bond acceptors (Lipinski definition) is 3. The first-order valence-corrected chi connectivity index (χ1v) is 6.95. The van der Waals surface area contributed by atoms with Crippen LogP contribution in [0.5, 0.6) is 0 Å². The van der Waals surface area contributed by atoms with E-state index in [1.807, 2.05) is 11.8 Å². The van der Waals surface area contributed by atoms with Gasteiger partial charge in [0.25, 0.3) is 0 Å². The topological polar surface area (TPSA) is 56.1 Å². The van der Waals surface area contributed by atoms with Crippen LogP contribution in [-0.2, 0) is 4.79 Å². The van der Waals surface area contributed by atoms with Crippen molar-refractivity contribution in [2.24, 2.45) is 5.92 Å². The van der Waals surface area contributed by atoms with Gasteiger partial charge in [-0.25, -0.2) is 0 Å². The van der Waals surface area contributed by atoms with E-state index < -0.39 is 0 Å². The standard InChI is InChI=1S/C14H25N3O/c1-11(2)12(3)16-14(18)10-17(9-8-15)13-6-4-5-7-13/h11-13H,4-7,9-10H2,1-3H3,(H,16,18). The number of nitriles is 1. The van der Waals surface area contributed by atoms with Crippen LogP contribution in [0.3, 0.4) is 0 Å². The average molecular weight is 251 g/mol. The molecule has 4 heteroatoms. The third-order valence-electron chi connectivity index (χ3n) is 3.85. The fourth-order valence-electron chi connectivity index (χ4n) is 2.33. The highest BCUT2D eigenvalue weighted by Crippen LogP contribution is 2.22. The molecule has 1 fully saturated rings. The molecule has 4 nitrogen and oxygen atoms in total. The zero-order valence-electron chi connectivity index (χ0n) is 11.8. The van der Waals surface area contributed by atoms with Crippen LogP contribution in [0.25, 0.3) is 0 Å².